The van der Waals surface area contributed by atoms with Crippen LogP contribution in [0.2, 0.25) is 0 Å². The second kappa shape index (κ2) is 7.19. The smallest absolute Gasteiger partial charge is 0.319 e. The van der Waals surface area contributed by atoms with Gasteiger partial charge in [0.1, 0.15) is 0 Å². The van der Waals surface area contributed by atoms with Gasteiger partial charge in [0.25, 0.3) is 0 Å². The molecule has 6 nitrogen and oxygen atoms in total. The summed E-state index contributed by atoms with van der Waals surface area (Å²) in [5.41, 5.74) is 0. The lowest BCUT2D eigenvalue weighted by molar-refractivity contribution is -0.139. The Labute approximate surface area is 94.7 Å². The minimum Gasteiger partial charge on any atom is -0.468 e. The highest BCUT2D eigenvalue weighted by Crippen LogP contribution is 2.05. The summed E-state index contributed by atoms with van der Waals surface area (Å²) in [7, 11) is 1.31. The molecule has 2 N–H and O–H groups in total. The van der Waals surface area contributed by atoms with Crippen molar-refractivity contribution in [1.82, 2.24) is 10.6 Å². The molecule has 0 spiro atoms. The number of amides is 1. The van der Waals surface area contributed by atoms with Crippen molar-refractivity contribution < 1.29 is 19.1 Å². The second-order valence-corrected chi connectivity index (χ2v) is 3.63. The first-order valence-electron chi connectivity index (χ1n) is 5.37. The summed E-state index contributed by atoms with van der Waals surface area (Å²) in [5, 5.41) is 5.58. The number of nitrogens with one attached hydrogen (secondary N) is 2. The van der Waals surface area contributed by atoms with Crippen LogP contribution >= 0.6 is 0 Å². The highest BCUT2D eigenvalue weighted by atomic mass is 16.5. The number of carbonyl (C=O) groups is 2. The van der Waals surface area contributed by atoms with Gasteiger partial charge in [0.15, 0.2) is 0 Å². The SMILES string of the molecule is COC(=O)CNCC(=O)NC1CCOCC1. The zero-order valence-electron chi connectivity index (χ0n) is 9.45. The van der Waals surface area contributed by atoms with Crippen molar-refractivity contribution in [2.75, 3.05) is 33.4 Å². The van der Waals surface area contributed by atoms with Crippen LogP contribution in [0.15, 0.2) is 0 Å². The van der Waals surface area contributed by atoms with Crippen LogP contribution in [0, 0.1) is 0 Å². The predicted octanol–water partition coefficient (Wildman–Crippen LogP) is -0.956. The number of ether oxygens (including phenoxy) is 2. The van der Waals surface area contributed by atoms with E-state index in [1.54, 1.807) is 0 Å². The molecule has 1 aliphatic heterocycles. The molecule has 1 heterocycles. The van der Waals surface area contributed by atoms with Crippen LogP contribution in [-0.4, -0.2) is 51.3 Å². The van der Waals surface area contributed by atoms with Gasteiger partial charge in [-0.2, -0.15) is 0 Å². The van der Waals surface area contributed by atoms with E-state index < -0.39 is 0 Å². The Bertz CT molecular complexity index is 239. The van der Waals surface area contributed by atoms with Crippen LogP contribution in [0.4, 0.5) is 0 Å². The van der Waals surface area contributed by atoms with E-state index in [1.807, 2.05) is 0 Å². The molecule has 1 aliphatic rings. The number of rotatable bonds is 5. The zero-order chi connectivity index (χ0) is 11.8. The van der Waals surface area contributed by atoms with Crippen LogP contribution in [0.25, 0.3) is 0 Å². The maximum atomic E-state index is 11.4. The van der Waals surface area contributed by atoms with Crippen molar-refractivity contribution in [3.63, 3.8) is 0 Å². The van der Waals surface area contributed by atoms with Gasteiger partial charge in [0.05, 0.1) is 20.2 Å². The first-order chi connectivity index (χ1) is 7.72. The van der Waals surface area contributed by atoms with Crippen molar-refractivity contribution in [2.45, 2.75) is 18.9 Å². The fourth-order valence-corrected chi connectivity index (χ4v) is 1.47. The number of esters is 1. The van der Waals surface area contributed by atoms with Crippen LogP contribution in [-0.2, 0) is 19.1 Å². The molecule has 0 aromatic carbocycles. The molecule has 1 rings (SSSR count). The molecule has 0 aromatic heterocycles. The van der Waals surface area contributed by atoms with Crippen LogP contribution in [0.1, 0.15) is 12.8 Å². The van der Waals surface area contributed by atoms with E-state index in [9.17, 15) is 9.59 Å². The molecule has 0 aromatic rings. The highest BCUT2D eigenvalue weighted by molar-refractivity contribution is 5.79. The minimum absolute atomic E-state index is 0.0533. The highest BCUT2D eigenvalue weighted by Gasteiger charge is 2.15. The number of carbonyl (C=O) groups excluding carboxylic acids is 2. The molecule has 0 bridgehead atoms. The van der Waals surface area contributed by atoms with Gasteiger partial charge in [0, 0.05) is 19.3 Å². The van der Waals surface area contributed by atoms with E-state index in [0.717, 1.165) is 12.8 Å². The predicted molar refractivity (Wildman–Crippen MR) is 56.9 cm³/mol. The average Bonchev–Trinajstić information content (AvgIpc) is 2.30. The van der Waals surface area contributed by atoms with E-state index >= 15 is 0 Å². The molecule has 0 radical (unpaired) electrons. The monoisotopic (exact) mass is 230 g/mol. The van der Waals surface area contributed by atoms with Gasteiger partial charge >= 0.3 is 5.97 Å². The van der Waals surface area contributed by atoms with Crippen molar-refractivity contribution >= 4 is 11.9 Å². The molecule has 1 fully saturated rings. The summed E-state index contributed by atoms with van der Waals surface area (Å²) >= 11 is 0. The molecule has 1 saturated heterocycles. The Morgan fingerprint density at radius 2 is 2.00 bits per heavy atom. The maximum Gasteiger partial charge on any atom is 0.319 e. The summed E-state index contributed by atoms with van der Waals surface area (Å²) < 4.78 is 9.61. The average molecular weight is 230 g/mol. The lowest BCUT2D eigenvalue weighted by Crippen LogP contribution is -2.43. The number of methoxy groups -OCH3 is 1. The molecule has 1 amide bonds. The van der Waals surface area contributed by atoms with E-state index in [4.69, 9.17) is 4.74 Å². The second-order valence-electron chi connectivity index (χ2n) is 3.63. The summed E-state index contributed by atoms with van der Waals surface area (Å²) in [6.07, 6.45) is 1.70. The van der Waals surface area contributed by atoms with Crippen LogP contribution < -0.4 is 10.6 Å². The van der Waals surface area contributed by atoms with Crippen molar-refractivity contribution in [3.05, 3.63) is 0 Å². The third kappa shape index (κ3) is 5.09. The third-order valence-corrected chi connectivity index (χ3v) is 2.37. The normalized spacial score (nSPS) is 16.8. The third-order valence-electron chi connectivity index (χ3n) is 2.37. The minimum atomic E-state index is -0.376. The van der Waals surface area contributed by atoms with Crippen molar-refractivity contribution in [1.29, 1.82) is 0 Å². The first kappa shape index (κ1) is 12.9. The van der Waals surface area contributed by atoms with Gasteiger partial charge in [-0.15, -0.1) is 0 Å². The van der Waals surface area contributed by atoms with E-state index in [0.29, 0.717) is 13.2 Å². The van der Waals surface area contributed by atoms with E-state index in [-0.39, 0.29) is 31.0 Å². The Morgan fingerprint density at radius 1 is 1.31 bits per heavy atom. The van der Waals surface area contributed by atoms with E-state index in [1.165, 1.54) is 7.11 Å². The molecule has 0 unspecified atom stereocenters. The quantitative estimate of drug-likeness (QED) is 0.595. The molecule has 0 saturated carbocycles. The van der Waals surface area contributed by atoms with Gasteiger partial charge in [-0.05, 0) is 12.8 Å². The Kier molecular flexibility index (Phi) is 5.81. The molecular formula is C10H18N2O4. The van der Waals surface area contributed by atoms with Gasteiger partial charge < -0.3 is 14.8 Å². The lowest BCUT2D eigenvalue weighted by atomic mass is 10.1. The number of hydrogen-bond donors (Lipinski definition) is 2. The first-order valence-corrected chi connectivity index (χ1v) is 5.37. The maximum absolute atomic E-state index is 11.4. The molecule has 16 heavy (non-hydrogen) atoms. The fourth-order valence-electron chi connectivity index (χ4n) is 1.47. The zero-order valence-corrected chi connectivity index (χ0v) is 9.45. The molecule has 6 heteroatoms. The molecular weight excluding hydrogens is 212 g/mol. The van der Waals surface area contributed by atoms with Crippen molar-refractivity contribution in [2.24, 2.45) is 0 Å². The molecule has 0 aliphatic carbocycles. The van der Waals surface area contributed by atoms with Crippen molar-refractivity contribution in [3.8, 4) is 0 Å². The summed E-state index contributed by atoms with van der Waals surface area (Å²) in [6, 6.07) is 0.196. The summed E-state index contributed by atoms with van der Waals surface area (Å²) in [6.45, 7) is 1.57. The molecule has 92 valence electrons. The van der Waals surface area contributed by atoms with Gasteiger partial charge in [-0.1, -0.05) is 0 Å². The molecule has 0 atom stereocenters. The largest absolute Gasteiger partial charge is 0.468 e. The topological polar surface area (TPSA) is 76.7 Å². The Balaban J connectivity index is 2.08. The standard InChI is InChI=1S/C10H18N2O4/c1-15-10(14)7-11-6-9(13)12-8-2-4-16-5-3-8/h8,11H,2-7H2,1H3,(H,12,13). The summed E-state index contributed by atoms with van der Waals surface area (Å²) in [4.78, 5) is 22.2. The van der Waals surface area contributed by atoms with E-state index in [2.05, 4.69) is 15.4 Å². The van der Waals surface area contributed by atoms with Crippen LogP contribution in [0.3, 0.4) is 0 Å². The van der Waals surface area contributed by atoms with Gasteiger partial charge in [-0.25, -0.2) is 0 Å². The Morgan fingerprint density at radius 3 is 2.62 bits per heavy atom. The fraction of sp³-hybridized carbons (Fsp3) is 0.800. The Hall–Kier alpha value is -1.14. The van der Waals surface area contributed by atoms with Crippen LogP contribution in [0.5, 0.6) is 0 Å². The summed E-state index contributed by atoms with van der Waals surface area (Å²) in [5.74, 6) is -0.477. The lowest BCUT2D eigenvalue weighted by Gasteiger charge is -2.23. The van der Waals surface area contributed by atoms with Gasteiger partial charge in [-0.3, -0.25) is 14.9 Å². The van der Waals surface area contributed by atoms with Gasteiger partial charge in [0.2, 0.25) is 5.91 Å². The number of hydrogen-bond acceptors (Lipinski definition) is 5.